The van der Waals surface area contributed by atoms with Crippen LogP contribution in [0.2, 0.25) is 0 Å². The Morgan fingerprint density at radius 1 is 1.40 bits per heavy atom. The highest BCUT2D eigenvalue weighted by Crippen LogP contribution is 1.91. The number of hydrogen-bond acceptors (Lipinski definition) is 1. The maximum Gasteiger partial charge on any atom is 0.0468 e. The summed E-state index contributed by atoms with van der Waals surface area (Å²) < 4.78 is 5.23. The van der Waals surface area contributed by atoms with E-state index in [1.54, 1.807) is 0 Å². The highest BCUT2D eigenvalue weighted by atomic mass is 16.5. The van der Waals surface area contributed by atoms with Crippen molar-refractivity contribution in [2.45, 2.75) is 26.2 Å². The van der Waals surface area contributed by atoms with Crippen molar-refractivity contribution in [3.05, 3.63) is 19.1 Å². The lowest BCUT2D eigenvalue weighted by Crippen LogP contribution is -1.94. The number of allylic oxidation sites excluding steroid dienone is 2. The lowest BCUT2D eigenvalue weighted by molar-refractivity contribution is 0.136. The number of ether oxygens (including phenoxy) is 1. The normalized spacial score (nSPS) is 11.0. The Morgan fingerprint density at radius 2 is 2.20 bits per heavy atom. The van der Waals surface area contributed by atoms with Gasteiger partial charge in [-0.05, 0) is 26.2 Å². The second-order valence-corrected chi connectivity index (χ2v) is 2.18. The molecule has 0 bridgehead atoms. The molecule has 1 heteroatoms. The summed E-state index contributed by atoms with van der Waals surface area (Å²) >= 11 is 0. The van der Waals surface area contributed by atoms with Gasteiger partial charge in [-0.25, -0.2) is 0 Å². The monoisotopic (exact) mass is 141 g/mol. The van der Waals surface area contributed by atoms with Crippen LogP contribution < -0.4 is 0 Å². The van der Waals surface area contributed by atoms with Crippen molar-refractivity contribution in [3.63, 3.8) is 0 Å². The maximum atomic E-state index is 5.23. The molecule has 0 amide bonds. The van der Waals surface area contributed by atoms with Crippen molar-refractivity contribution in [1.29, 1.82) is 0 Å². The van der Waals surface area contributed by atoms with Crippen molar-refractivity contribution < 1.29 is 4.74 Å². The Morgan fingerprint density at radius 3 is 2.80 bits per heavy atom. The molecule has 0 aliphatic heterocycles. The van der Waals surface area contributed by atoms with E-state index < -0.39 is 0 Å². The first-order chi connectivity index (χ1) is 4.91. The molecule has 0 atom stereocenters. The predicted octanol–water partition coefficient (Wildman–Crippen LogP) is 2.58. The van der Waals surface area contributed by atoms with Crippen molar-refractivity contribution >= 4 is 0 Å². The molecule has 0 N–H and O–H groups in total. The molecule has 0 fully saturated rings. The van der Waals surface area contributed by atoms with E-state index in [-0.39, 0.29) is 0 Å². The molecule has 0 aromatic carbocycles. The minimum Gasteiger partial charge on any atom is -0.381 e. The van der Waals surface area contributed by atoms with Gasteiger partial charge in [0.1, 0.15) is 0 Å². The molecule has 0 saturated carbocycles. The van der Waals surface area contributed by atoms with Crippen molar-refractivity contribution in [3.8, 4) is 0 Å². The van der Waals surface area contributed by atoms with E-state index in [0.717, 1.165) is 32.5 Å². The van der Waals surface area contributed by atoms with Crippen LogP contribution in [0.15, 0.2) is 12.2 Å². The summed E-state index contributed by atoms with van der Waals surface area (Å²) in [6.07, 6.45) is 7.37. The molecule has 0 saturated heterocycles. The van der Waals surface area contributed by atoms with Crippen molar-refractivity contribution in [2.75, 3.05) is 13.2 Å². The maximum absolute atomic E-state index is 5.23. The smallest absolute Gasteiger partial charge is 0.0468 e. The lowest BCUT2D eigenvalue weighted by atomic mass is 10.3. The SMILES string of the molecule is [CH2]CCOCCCC=CC. The molecule has 0 aliphatic carbocycles. The third-order valence-electron chi connectivity index (χ3n) is 1.18. The molecule has 1 radical (unpaired) electrons. The van der Waals surface area contributed by atoms with E-state index >= 15 is 0 Å². The van der Waals surface area contributed by atoms with Crippen molar-refractivity contribution in [1.82, 2.24) is 0 Å². The zero-order valence-electron chi connectivity index (χ0n) is 6.81. The predicted molar refractivity (Wildman–Crippen MR) is 44.8 cm³/mol. The Bertz CT molecular complexity index is 76.8. The Hall–Kier alpha value is -0.300. The number of unbranched alkanes of at least 4 members (excludes halogenated alkanes) is 1. The topological polar surface area (TPSA) is 9.23 Å². The molecule has 0 rings (SSSR count). The molecule has 0 spiro atoms. The van der Waals surface area contributed by atoms with Gasteiger partial charge in [-0.15, -0.1) is 0 Å². The van der Waals surface area contributed by atoms with Crippen molar-refractivity contribution in [2.24, 2.45) is 0 Å². The molecular formula is C9H17O. The van der Waals surface area contributed by atoms with Crippen LogP contribution in [0.1, 0.15) is 26.2 Å². The minimum atomic E-state index is 0.801. The van der Waals surface area contributed by atoms with E-state index in [1.165, 1.54) is 0 Å². The van der Waals surface area contributed by atoms with Crippen LogP contribution in [0.4, 0.5) is 0 Å². The quantitative estimate of drug-likeness (QED) is 0.408. The highest BCUT2D eigenvalue weighted by molar-refractivity contribution is 4.75. The molecule has 0 aromatic rings. The van der Waals surface area contributed by atoms with E-state index in [0.29, 0.717) is 0 Å². The lowest BCUT2D eigenvalue weighted by Gasteiger charge is -1.98. The van der Waals surface area contributed by atoms with Crippen LogP contribution in [-0.4, -0.2) is 13.2 Å². The number of hydrogen-bond donors (Lipinski definition) is 0. The molecule has 0 aliphatic rings. The van der Waals surface area contributed by atoms with Gasteiger partial charge >= 0.3 is 0 Å². The van der Waals surface area contributed by atoms with Crippen LogP contribution in [-0.2, 0) is 4.74 Å². The summed E-state index contributed by atoms with van der Waals surface area (Å²) in [6.45, 7) is 7.40. The summed E-state index contributed by atoms with van der Waals surface area (Å²) in [4.78, 5) is 0. The van der Waals surface area contributed by atoms with Gasteiger partial charge in [0.2, 0.25) is 0 Å². The van der Waals surface area contributed by atoms with E-state index in [1.807, 2.05) is 6.92 Å². The standard InChI is InChI=1S/C9H17O/c1-3-5-6-7-9-10-8-4-2/h3,5H,2,4,6-9H2,1H3. The van der Waals surface area contributed by atoms with Gasteiger partial charge < -0.3 is 4.74 Å². The van der Waals surface area contributed by atoms with Crippen LogP contribution in [0, 0.1) is 6.92 Å². The second kappa shape index (κ2) is 8.70. The molecule has 0 aromatic heterocycles. The molecule has 59 valence electrons. The third-order valence-corrected chi connectivity index (χ3v) is 1.18. The molecule has 0 heterocycles. The highest BCUT2D eigenvalue weighted by Gasteiger charge is 1.83. The van der Waals surface area contributed by atoms with Gasteiger partial charge in [0.05, 0.1) is 0 Å². The summed E-state index contributed by atoms with van der Waals surface area (Å²) in [5, 5.41) is 0. The van der Waals surface area contributed by atoms with E-state index in [4.69, 9.17) is 4.74 Å². The van der Waals surface area contributed by atoms with Gasteiger partial charge in [-0.3, -0.25) is 0 Å². The van der Waals surface area contributed by atoms with Gasteiger partial charge in [0.15, 0.2) is 0 Å². The Kier molecular flexibility index (Phi) is 8.44. The van der Waals surface area contributed by atoms with Gasteiger partial charge in [0, 0.05) is 13.2 Å². The minimum absolute atomic E-state index is 0.801. The third kappa shape index (κ3) is 7.70. The van der Waals surface area contributed by atoms with Gasteiger partial charge in [0.25, 0.3) is 0 Å². The number of rotatable bonds is 6. The van der Waals surface area contributed by atoms with Gasteiger partial charge in [-0.2, -0.15) is 0 Å². The van der Waals surface area contributed by atoms with Crippen LogP contribution in [0.3, 0.4) is 0 Å². The van der Waals surface area contributed by atoms with Crippen LogP contribution in [0.5, 0.6) is 0 Å². The van der Waals surface area contributed by atoms with E-state index in [2.05, 4.69) is 19.1 Å². The van der Waals surface area contributed by atoms with Crippen LogP contribution >= 0.6 is 0 Å². The largest absolute Gasteiger partial charge is 0.381 e. The second-order valence-electron chi connectivity index (χ2n) is 2.18. The fraction of sp³-hybridized carbons (Fsp3) is 0.667. The van der Waals surface area contributed by atoms with Crippen LogP contribution in [0.25, 0.3) is 0 Å². The summed E-state index contributed by atoms with van der Waals surface area (Å²) in [7, 11) is 0. The average molecular weight is 141 g/mol. The van der Waals surface area contributed by atoms with Gasteiger partial charge in [-0.1, -0.05) is 19.1 Å². The molecular weight excluding hydrogens is 124 g/mol. The molecule has 1 nitrogen and oxygen atoms in total. The Labute approximate surface area is 64.1 Å². The van der Waals surface area contributed by atoms with E-state index in [9.17, 15) is 0 Å². The fourth-order valence-electron chi connectivity index (χ4n) is 0.674. The molecule has 10 heavy (non-hydrogen) atoms. The molecule has 0 unspecified atom stereocenters. The first-order valence-corrected chi connectivity index (χ1v) is 3.90. The fourth-order valence-corrected chi connectivity index (χ4v) is 0.674. The first-order valence-electron chi connectivity index (χ1n) is 3.90. The summed E-state index contributed by atoms with van der Waals surface area (Å²) in [5.74, 6) is 0. The average Bonchev–Trinajstić information content (AvgIpc) is 1.97. The summed E-state index contributed by atoms with van der Waals surface area (Å²) in [6, 6.07) is 0. The summed E-state index contributed by atoms with van der Waals surface area (Å²) in [5.41, 5.74) is 0. The zero-order valence-corrected chi connectivity index (χ0v) is 6.81. The zero-order chi connectivity index (χ0) is 7.66. The Balaban J connectivity index is 2.77. The first kappa shape index (κ1) is 9.70.